The molecule has 2 N–H and O–H groups in total. The molecule has 218 valence electrons. The first-order valence-corrected chi connectivity index (χ1v) is 14.9. The Morgan fingerprint density at radius 1 is 1.17 bits per heavy atom. The molecule has 1 saturated carbocycles. The number of hydrogen-bond acceptors (Lipinski definition) is 8. The van der Waals surface area contributed by atoms with E-state index in [1.165, 1.54) is 24.0 Å². The van der Waals surface area contributed by atoms with Crippen LogP contribution < -0.4 is 5.32 Å². The van der Waals surface area contributed by atoms with Gasteiger partial charge < -0.3 is 19.9 Å². The summed E-state index contributed by atoms with van der Waals surface area (Å²) in [5.74, 6) is 2.57. The molecule has 2 aromatic heterocycles. The van der Waals surface area contributed by atoms with E-state index in [2.05, 4.69) is 74.6 Å². The van der Waals surface area contributed by atoms with Gasteiger partial charge in [0.2, 0.25) is 5.95 Å². The van der Waals surface area contributed by atoms with E-state index in [0.29, 0.717) is 25.0 Å². The summed E-state index contributed by atoms with van der Waals surface area (Å²) in [4.78, 5) is 29.5. The molecule has 10 heteroatoms. The van der Waals surface area contributed by atoms with Crippen LogP contribution in [0.5, 0.6) is 0 Å². The van der Waals surface area contributed by atoms with Crippen LogP contribution >= 0.6 is 0 Å². The predicted molar refractivity (Wildman–Crippen MR) is 162 cm³/mol. The number of carbonyl (C=O) groups excluding carboxylic acids is 1. The van der Waals surface area contributed by atoms with Crippen LogP contribution in [-0.2, 0) is 4.74 Å². The summed E-state index contributed by atoms with van der Waals surface area (Å²) in [7, 11) is 0. The fraction of sp³-hybridized carbons (Fsp3) is 0.548. The second-order valence-corrected chi connectivity index (χ2v) is 12.8. The minimum Gasteiger partial charge on any atom is -0.444 e. The number of anilines is 2. The first-order chi connectivity index (χ1) is 19.6. The normalized spacial score (nSPS) is 20.6. The fourth-order valence-corrected chi connectivity index (χ4v) is 5.72. The van der Waals surface area contributed by atoms with Crippen molar-refractivity contribution in [3.63, 3.8) is 0 Å². The number of hydrazone groups is 1. The van der Waals surface area contributed by atoms with Gasteiger partial charge >= 0.3 is 6.09 Å². The number of nitrogens with one attached hydrogen (secondary N) is 2. The standard InChI is InChI=1S/C31H42N8O2/c1-20-14-24(25-17-33-39(19-25)18-22-6-7-22)15-26-28(20)36-29(34-26)35-27-16-23(8-9-32-27)21(2)37-10-12-38(13-11-37)30(40)41-31(3,4)5/h8-9,14-17,21-22,25H,6-7,10-13,18-19H2,1-5H3,(H2,32,34,35,36). The third-order valence-corrected chi connectivity index (χ3v) is 8.24. The summed E-state index contributed by atoms with van der Waals surface area (Å²) in [5.41, 5.74) is 5.09. The van der Waals surface area contributed by atoms with E-state index in [4.69, 9.17) is 9.72 Å². The number of amides is 1. The molecule has 3 aromatic rings. The van der Waals surface area contributed by atoms with Gasteiger partial charge in [0.15, 0.2) is 0 Å². The SMILES string of the molecule is Cc1cc(C2C=NN(CC3CC3)C2)cc2[nH]c(Nc3cc(C(C)N4CCN(C(=O)OC(C)(C)C)CC4)ccn3)nc12. The highest BCUT2D eigenvalue weighted by Crippen LogP contribution is 2.33. The average Bonchev–Trinajstić information content (AvgIpc) is 3.45. The number of nitrogens with zero attached hydrogens (tertiary/aromatic N) is 6. The second-order valence-electron chi connectivity index (χ2n) is 12.8. The smallest absolute Gasteiger partial charge is 0.410 e. The molecule has 2 atom stereocenters. The molecular formula is C31H42N8O2. The Kier molecular flexibility index (Phi) is 7.36. The van der Waals surface area contributed by atoms with Crippen molar-refractivity contribution in [1.29, 1.82) is 0 Å². The topological polar surface area (TPSA) is 102 Å². The molecule has 41 heavy (non-hydrogen) atoms. The minimum absolute atomic E-state index is 0.187. The first kappa shape index (κ1) is 27.5. The Hall–Kier alpha value is -3.66. The van der Waals surface area contributed by atoms with Crippen molar-refractivity contribution >= 4 is 35.1 Å². The van der Waals surface area contributed by atoms with E-state index in [1.54, 1.807) is 4.90 Å². The van der Waals surface area contributed by atoms with Gasteiger partial charge in [0.1, 0.15) is 11.4 Å². The van der Waals surface area contributed by atoms with E-state index in [0.717, 1.165) is 54.5 Å². The van der Waals surface area contributed by atoms with Crippen LogP contribution in [0.25, 0.3) is 11.0 Å². The summed E-state index contributed by atoms with van der Waals surface area (Å²) in [6.45, 7) is 14.9. The third kappa shape index (κ3) is 6.48. The molecule has 2 aliphatic heterocycles. The van der Waals surface area contributed by atoms with Crippen molar-refractivity contribution in [1.82, 2.24) is 29.8 Å². The second kappa shape index (κ2) is 11.0. The van der Waals surface area contributed by atoms with E-state index < -0.39 is 5.60 Å². The molecule has 10 nitrogen and oxygen atoms in total. The average molecular weight is 559 g/mol. The summed E-state index contributed by atoms with van der Waals surface area (Å²) in [5, 5.41) is 10.3. The number of aromatic nitrogens is 3. The molecule has 2 fully saturated rings. The lowest BCUT2D eigenvalue weighted by atomic mass is 9.98. The summed E-state index contributed by atoms with van der Waals surface area (Å²) in [6.07, 6.45) is 6.38. The maximum Gasteiger partial charge on any atom is 0.410 e. The Labute approximate surface area is 242 Å². The lowest BCUT2D eigenvalue weighted by Crippen LogP contribution is -2.50. The van der Waals surface area contributed by atoms with Crippen molar-refractivity contribution in [2.45, 2.75) is 65.0 Å². The Morgan fingerprint density at radius 2 is 1.95 bits per heavy atom. The van der Waals surface area contributed by atoms with Crippen molar-refractivity contribution in [3.8, 4) is 0 Å². The molecule has 1 aliphatic carbocycles. The lowest BCUT2D eigenvalue weighted by Gasteiger charge is -2.38. The van der Waals surface area contributed by atoms with Gasteiger partial charge in [-0.2, -0.15) is 5.10 Å². The van der Waals surface area contributed by atoms with Gasteiger partial charge in [-0.25, -0.2) is 14.8 Å². The molecular weight excluding hydrogens is 516 g/mol. The van der Waals surface area contributed by atoms with E-state index in [-0.39, 0.29) is 12.1 Å². The molecule has 1 saturated heterocycles. The van der Waals surface area contributed by atoms with Crippen LogP contribution in [0.2, 0.25) is 0 Å². The van der Waals surface area contributed by atoms with Gasteiger partial charge in [0, 0.05) is 63.6 Å². The van der Waals surface area contributed by atoms with Crippen molar-refractivity contribution in [2.24, 2.45) is 11.0 Å². The highest BCUT2D eigenvalue weighted by molar-refractivity contribution is 5.84. The Morgan fingerprint density at radius 3 is 2.68 bits per heavy atom. The zero-order valence-electron chi connectivity index (χ0n) is 24.9. The van der Waals surface area contributed by atoms with E-state index in [9.17, 15) is 4.79 Å². The number of carbonyl (C=O) groups is 1. The van der Waals surface area contributed by atoms with Crippen LogP contribution in [0.3, 0.4) is 0 Å². The minimum atomic E-state index is -0.482. The molecule has 1 amide bonds. The molecule has 2 unspecified atom stereocenters. The van der Waals surface area contributed by atoms with Gasteiger partial charge in [-0.05, 0) is 88.3 Å². The number of ether oxygens (including phenoxy) is 1. The molecule has 1 aromatic carbocycles. The van der Waals surface area contributed by atoms with E-state index >= 15 is 0 Å². The Balaban J connectivity index is 1.09. The zero-order valence-corrected chi connectivity index (χ0v) is 24.9. The lowest BCUT2D eigenvalue weighted by molar-refractivity contribution is 0.0110. The van der Waals surface area contributed by atoms with Crippen LogP contribution in [0.1, 0.15) is 69.2 Å². The zero-order chi connectivity index (χ0) is 28.7. The van der Waals surface area contributed by atoms with Crippen molar-refractivity contribution in [2.75, 3.05) is 44.6 Å². The number of aryl methyl sites for hydroxylation is 1. The largest absolute Gasteiger partial charge is 0.444 e. The van der Waals surface area contributed by atoms with Crippen molar-refractivity contribution in [3.05, 3.63) is 47.2 Å². The highest BCUT2D eigenvalue weighted by atomic mass is 16.6. The summed E-state index contributed by atoms with van der Waals surface area (Å²) < 4.78 is 5.55. The number of aromatic amines is 1. The number of H-pyrrole nitrogens is 1. The fourth-order valence-electron chi connectivity index (χ4n) is 5.72. The van der Waals surface area contributed by atoms with E-state index in [1.807, 2.05) is 27.0 Å². The molecule has 6 rings (SSSR count). The number of fused-ring (bicyclic) bond motifs is 1. The van der Waals surface area contributed by atoms with Crippen LogP contribution in [0, 0.1) is 12.8 Å². The number of rotatable bonds is 7. The third-order valence-electron chi connectivity index (χ3n) is 8.24. The summed E-state index contributed by atoms with van der Waals surface area (Å²) in [6, 6.07) is 8.78. The first-order valence-electron chi connectivity index (χ1n) is 14.9. The maximum absolute atomic E-state index is 12.5. The van der Waals surface area contributed by atoms with Gasteiger partial charge in [-0.1, -0.05) is 6.07 Å². The molecule has 3 aliphatic rings. The predicted octanol–water partition coefficient (Wildman–Crippen LogP) is 5.42. The van der Waals surface area contributed by atoms with Gasteiger partial charge in [0.05, 0.1) is 11.0 Å². The maximum atomic E-state index is 12.5. The van der Waals surface area contributed by atoms with Gasteiger partial charge in [-0.15, -0.1) is 0 Å². The summed E-state index contributed by atoms with van der Waals surface area (Å²) >= 11 is 0. The number of piperazine rings is 1. The monoisotopic (exact) mass is 558 g/mol. The molecule has 0 spiro atoms. The van der Waals surface area contributed by atoms with Crippen molar-refractivity contribution < 1.29 is 9.53 Å². The Bertz CT molecular complexity index is 1430. The quantitative estimate of drug-likeness (QED) is 0.399. The number of benzene rings is 1. The number of imidazole rings is 1. The molecule has 4 heterocycles. The van der Waals surface area contributed by atoms with Crippen LogP contribution in [0.15, 0.2) is 35.6 Å². The van der Waals surface area contributed by atoms with Crippen LogP contribution in [0.4, 0.5) is 16.6 Å². The number of pyridine rings is 1. The molecule has 0 radical (unpaired) electrons. The molecule has 0 bridgehead atoms. The number of hydrogen-bond donors (Lipinski definition) is 2. The highest BCUT2D eigenvalue weighted by Gasteiger charge is 2.29. The van der Waals surface area contributed by atoms with Gasteiger partial charge in [0.25, 0.3) is 0 Å². The van der Waals surface area contributed by atoms with Gasteiger partial charge in [-0.3, -0.25) is 9.91 Å². The van der Waals surface area contributed by atoms with Crippen LogP contribution in [-0.4, -0.2) is 86.9 Å².